The Morgan fingerprint density at radius 2 is 2.15 bits per heavy atom. The first kappa shape index (κ1) is 18.4. The largest absolute Gasteiger partial charge is 0.497 e. The van der Waals surface area contributed by atoms with E-state index in [1.165, 1.54) is 24.8 Å². The van der Waals surface area contributed by atoms with Crippen LogP contribution < -0.4 is 10.1 Å². The van der Waals surface area contributed by atoms with Crippen molar-refractivity contribution in [1.82, 2.24) is 9.88 Å². The molecule has 1 heterocycles. The van der Waals surface area contributed by atoms with E-state index in [0.29, 0.717) is 5.11 Å². The van der Waals surface area contributed by atoms with E-state index >= 15 is 0 Å². The van der Waals surface area contributed by atoms with E-state index in [0.717, 1.165) is 36.5 Å². The molecule has 0 saturated heterocycles. The van der Waals surface area contributed by atoms with Crippen LogP contribution in [0, 0.1) is 0 Å². The van der Waals surface area contributed by atoms with Gasteiger partial charge in [0.05, 0.1) is 7.11 Å². The maximum atomic E-state index is 5.73. The van der Waals surface area contributed by atoms with Crippen LogP contribution in [0.1, 0.15) is 31.2 Å². The Bertz CT molecular complexity index is 761. The number of nitrogens with one attached hydrogen (secondary N) is 1. The predicted molar refractivity (Wildman–Crippen MR) is 110 cm³/mol. The molecule has 5 heteroatoms. The van der Waals surface area contributed by atoms with Crippen LogP contribution in [-0.2, 0) is 6.54 Å². The van der Waals surface area contributed by atoms with Crippen molar-refractivity contribution in [2.45, 2.75) is 32.2 Å². The molecule has 0 fully saturated rings. The van der Waals surface area contributed by atoms with E-state index < -0.39 is 0 Å². The Hall–Kier alpha value is -2.40. The summed E-state index contributed by atoms with van der Waals surface area (Å²) in [6.45, 7) is 1.59. The molecule has 3 rings (SSSR count). The molecule has 0 bridgehead atoms. The zero-order chi connectivity index (χ0) is 18.2. The summed E-state index contributed by atoms with van der Waals surface area (Å²) in [5.74, 6) is 0.812. The van der Waals surface area contributed by atoms with Gasteiger partial charge in [-0.25, -0.2) is 0 Å². The molecule has 2 aromatic rings. The number of pyridine rings is 1. The van der Waals surface area contributed by atoms with Crippen molar-refractivity contribution < 1.29 is 4.74 Å². The number of benzene rings is 1. The van der Waals surface area contributed by atoms with Gasteiger partial charge in [0.1, 0.15) is 5.75 Å². The van der Waals surface area contributed by atoms with Crippen LogP contribution in [-0.4, -0.2) is 28.7 Å². The molecule has 1 aromatic heterocycles. The summed E-state index contributed by atoms with van der Waals surface area (Å²) in [5.41, 5.74) is 3.55. The molecule has 4 nitrogen and oxygen atoms in total. The standard InChI is InChI=1S/C21H25N3OS/c1-25-20-11-5-10-19(13-20)23-21(26)24(15-17-7-3-2-4-8-17)16-18-9-6-12-22-14-18/h5-7,9-14H,2-4,8,15-16H2,1H3,(H,23,26). The summed E-state index contributed by atoms with van der Waals surface area (Å²) in [5, 5.41) is 4.07. The Morgan fingerprint density at radius 3 is 2.88 bits per heavy atom. The van der Waals surface area contributed by atoms with Crippen molar-refractivity contribution in [3.05, 3.63) is 66.0 Å². The molecule has 0 radical (unpaired) electrons. The summed E-state index contributed by atoms with van der Waals surface area (Å²) in [6, 6.07) is 11.9. The molecule has 0 aliphatic heterocycles. The van der Waals surface area contributed by atoms with E-state index in [4.69, 9.17) is 17.0 Å². The lowest BCUT2D eigenvalue weighted by atomic mass is 9.99. The van der Waals surface area contributed by atoms with Gasteiger partial charge in [-0.15, -0.1) is 0 Å². The maximum Gasteiger partial charge on any atom is 0.174 e. The first-order chi connectivity index (χ1) is 12.7. The van der Waals surface area contributed by atoms with Crippen molar-refractivity contribution in [2.24, 2.45) is 0 Å². The van der Waals surface area contributed by atoms with E-state index in [1.807, 2.05) is 36.5 Å². The Balaban J connectivity index is 1.74. The van der Waals surface area contributed by atoms with Gasteiger partial charge in [0.15, 0.2) is 5.11 Å². The summed E-state index contributed by atoms with van der Waals surface area (Å²) < 4.78 is 5.30. The molecule has 0 amide bonds. The highest BCUT2D eigenvalue weighted by Crippen LogP contribution is 2.21. The normalized spacial score (nSPS) is 13.7. The first-order valence-corrected chi connectivity index (χ1v) is 9.42. The zero-order valence-electron chi connectivity index (χ0n) is 15.1. The Kier molecular flexibility index (Phi) is 6.61. The Morgan fingerprint density at radius 1 is 1.23 bits per heavy atom. The number of allylic oxidation sites excluding steroid dienone is 1. The second-order valence-electron chi connectivity index (χ2n) is 6.49. The molecule has 136 valence electrons. The topological polar surface area (TPSA) is 37.4 Å². The fraction of sp³-hybridized carbons (Fsp3) is 0.333. The minimum atomic E-state index is 0.716. The van der Waals surface area contributed by atoms with E-state index in [2.05, 4.69) is 27.3 Å². The van der Waals surface area contributed by atoms with Gasteiger partial charge in [0, 0.05) is 37.2 Å². The number of nitrogens with zero attached hydrogens (tertiary/aromatic N) is 2. The number of thiocarbonyl (C=S) groups is 1. The third-order valence-corrected chi connectivity index (χ3v) is 4.84. The number of aromatic nitrogens is 1. The lowest BCUT2D eigenvalue weighted by molar-refractivity contribution is 0.415. The van der Waals surface area contributed by atoms with Gasteiger partial charge in [-0.1, -0.05) is 23.8 Å². The summed E-state index contributed by atoms with van der Waals surface area (Å²) in [7, 11) is 1.67. The highest BCUT2D eigenvalue weighted by molar-refractivity contribution is 7.80. The third-order valence-electron chi connectivity index (χ3n) is 4.48. The SMILES string of the molecule is COc1cccc(NC(=S)N(CC2=CCCCC2)Cc2cccnc2)c1. The molecular weight excluding hydrogens is 342 g/mol. The van der Waals surface area contributed by atoms with Crippen molar-refractivity contribution in [3.8, 4) is 5.75 Å². The van der Waals surface area contributed by atoms with Gasteiger partial charge in [-0.3, -0.25) is 4.98 Å². The van der Waals surface area contributed by atoms with Crippen LogP contribution in [0.4, 0.5) is 5.69 Å². The van der Waals surface area contributed by atoms with Gasteiger partial charge >= 0.3 is 0 Å². The highest BCUT2D eigenvalue weighted by atomic mass is 32.1. The molecule has 26 heavy (non-hydrogen) atoms. The lowest BCUT2D eigenvalue weighted by Gasteiger charge is -2.28. The second kappa shape index (κ2) is 9.34. The van der Waals surface area contributed by atoms with Crippen LogP contribution in [0.3, 0.4) is 0 Å². The first-order valence-electron chi connectivity index (χ1n) is 9.01. The second-order valence-corrected chi connectivity index (χ2v) is 6.87. The fourth-order valence-corrected chi connectivity index (χ4v) is 3.36. The molecule has 1 aliphatic carbocycles. The minimum absolute atomic E-state index is 0.716. The van der Waals surface area contributed by atoms with Crippen LogP contribution >= 0.6 is 12.2 Å². The van der Waals surface area contributed by atoms with Crippen molar-refractivity contribution in [1.29, 1.82) is 0 Å². The van der Waals surface area contributed by atoms with Gasteiger partial charge in [0.2, 0.25) is 0 Å². The van der Waals surface area contributed by atoms with Crippen LogP contribution in [0.5, 0.6) is 5.75 Å². The summed E-state index contributed by atoms with van der Waals surface area (Å²) >= 11 is 5.73. The van der Waals surface area contributed by atoms with Gasteiger partial charge in [-0.05, 0) is 61.7 Å². The zero-order valence-corrected chi connectivity index (χ0v) is 16.0. The number of hydrogen-bond donors (Lipinski definition) is 1. The van der Waals surface area contributed by atoms with Gasteiger partial charge in [0.25, 0.3) is 0 Å². The number of hydrogen-bond acceptors (Lipinski definition) is 3. The summed E-state index contributed by atoms with van der Waals surface area (Å²) in [4.78, 5) is 6.44. The lowest BCUT2D eigenvalue weighted by Crippen LogP contribution is -2.36. The van der Waals surface area contributed by atoms with Crippen LogP contribution in [0.2, 0.25) is 0 Å². The molecule has 0 atom stereocenters. The van der Waals surface area contributed by atoms with E-state index in [-0.39, 0.29) is 0 Å². The average Bonchev–Trinajstić information content (AvgIpc) is 2.69. The Labute approximate surface area is 160 Å². The third kappa shape index (κ3) is 5.30. The average molecular weight is 368 g/mol. The molecular formula is C21H25N3OS. The molecule has 0 unspecified atom stereocenters. The molecule has 1 aromatic carbocycles. The summed E-state index contributed by atoms with van der Waals surface area (Å²) in [6.07, 6.45) is 11.0. The van der Waals surface area contributed by atoms with E-state index in [1.54, 1.807) is 13.3 Å². The van der Waals surface area contributed by atoms with Gasteiger partial charge < -0.3 is 15.0 Å². The van der Waals surface area contributed by atoms with Crippen molar-refractivity contribution in [2.75, 3.05) is 19.0 Å². The molecule has 1 aliphatic rings. The van der Waals surface area contributed by atoms with Crippen molar-refractivity contribution in [3.63, 3.8) is 0 Å². The molecule has 0 spiro atoms. The number of ether oxygens (including phenoxy) is 1. The quantitative estimate of drug-likeness (QED) is 0.587. The highest BCUT2D eigenvalue weighted by Gasteiger charge is 2.14. The number of methoxy groups -OCH3 is 1. The number of rotatable bonds is 6. The predicted octanol–water partition coefficient (Wildman–Crippen LogP) is 4.79. The van der Waals surface area contributed by atoms with Crippen LogP contribution in [0.15, 0.2) is 60.4 Å². The fourth-order valence-electron chi connectivity index (χ4n) is 3.11. The monoisotopic (exact) mass is 367 g/mol. The van der Waals surface area contributed by atoms with Crippen molar-refractivity contribution >= 4 is 23.0 Å². The maximum absolute atomic E-state index is 5.73. The number of anilines is 1. The molecule has 0 saturated carbocycles. The van der Waals surface area contributed by atoms with Crippen LogP contribution in [0.25, 0.3) is 0 Å². The molecule has 1 N–H and O–H groups in total. The smallest absolute Gasteiger partial charge is 0.174 e. The minimum Gasteiger partial charge on any atom is -0.497 e. The van der Waals surface area contributed by atoms with E-state index in [9.17, 15) is 0 Å². The van der Waals surface area contributed by atoms with Gasteiger partial charge in [-0.2, -0.15) is 0 Å².